The molecule has 4 nitrogen and oxygen atoms in total. The van der Waals surface area contributed by atoms with Gasteiger partial charge in [0, 0.05) is 32.9 Å². The minimum atomic E-state index is -0.798. The summed E-state index contributed by atoms with van der Waals surface area (Å²) in [7, 11) is 0. The molecule has 41 heavy (non-hydrogen) atoms. The molecular formula is C35H56O4S2. The molecule has 2 aromatic carbocycles. The second-order valence-corrected chi connectivity index (χ2v) is 18.3. The summed E-state index contributed by atoms with van der Waals surface area (Å²) in [6.07, 6.45) is 0.586. The Labute approximate surface area is 259 Å². The third-order valence-electron chi connectivity index (χ3n) is 6.73. The number of carboxylic acid groups (broad SMARTS) is 1. The van der Waals surface area contributed by atoms with Crippen LogP contribution in [0.4, 0.5) is 0 Å². The smallest absolute Gasteiger partial charge is 0.303 e. The summed E-state index contributed by atoms with van der Waals surface area (Å²) in [5.74, 6) is 0.761. The number of aliphatic carboxylic acids is 1. The third kappa shape index (κ3) is 10.5. The van der Waals surface area contributed by atoms with E-state index in [1.165, 1.54) is 4.90 Å². The Morgan fingerprint density at radius 1 is 0.780 bits per heavy atom. The predicted octanol–water partition coefficient (Wildman–Crippen LogP) is 10.9. The van der Waals surface area contributed by atoms with Crippen LogP contribution in [0.3, 0.4) is 0 Å². The lowest BCUT2D eigenvalue weighted by atomic mass is 9.79. The number of phenolic OH excluding ortho intramolecular Hbond substituents is 1. The van der Waals surface area contributed by atoms with Crippen LogP contribution in [0.25, 0.3) is 0 Å². The molecule has 0 atom stereocenters. The highest BCUT2D eigenvalue weighted by molar-refractivity contribution is 8.18. The van der Waals surface area contributed by atoms with E-state index in [1.54, 1.807) is 0 Å². The van der Waals surface area contributed by atoms with Crippen molar-refractivity contribution in [1.82, 2.24) is 0 Å². The number of hydrogen-bond donors (Lipinski definition) is 2. The molecule has 0 saturated heterocycles. The lowest BCUT2D eigenvalue weighted by Crippen LogP contribution is -2.18. The minimum Gasteiger partial charge on any atom is -0.507 e. The molecule has 0 amide bonds. The summed E-state index contributed by atoms with van der Waals surface area (Å²) in [5.41, 5.74) is 3.76. The molecule has 0 aliphatic heterocycles. The number of ether oxygens (including phenoxy) is 1. The first-order valence-electron chi connectivity index (χ1n) is 14.3. The standard InChI is InChI=1S/C34H52O4S2.CH4/c1-21(2)24-17-22(20-27(33(9,10)11)30(24)38-16-14-15-28(35)36)39-34(12,13)40-23-18-25(31(3,4)5)29(37)26(19-23)32(6,7)8;/h17-21,37H,14-16H2,1-13H3,(H,35,36);1H4. The molecule has 0 aliphatic rings. The summed E-state index contributed by atoms with van der Waals surface area (Å²) in [6.45, 7) is 28.7. The van der Waals surface area contributed by atoms with E-state index >= 15 is 0 Å². The number of aromatic hydroxyl groups is 1. The average molecular weight is 605 g/mol. The predicted molar refractivity (Wildman–Crippen MR) is 180 cm³/mol. The lowest BCUT2D eigenvalue weighted by Gasteiger charge is -2.31. The SMILES string of the molecule is C.CC(C)c1cc(SC(C)(C)Sc2cc(C(C)(C)C)c(O)c(C(C)(C)C)c2)cc(C(C)(C)C)c1OCCCC(=O)O. The number of thioether (sulfide) groups is 2. The monoisotopic (exact) mass is 604 g/mol. The number of carbonyl (C=O) groups is 1. The first-order chi connectivity index (χ1) is 18.0. The van der Waals surface area contributed by atoms with Gasteiger partial charge < -0.3 is 14.9 Å². The molecule has 6 heteroatoms. The fourth-order valence-corrected chi connectivity index (χ4v) is 7.22. The fourth-order valence-electron chi connectivity index (χ4n) is 4.63. The number of phenols is 1. The van der Waals surface area contributed by atoms with Gasteiger partial charge in [-0.1, -0.05) is 83.6 Å². The molecule has 232 valence electrons. The van der Waals surface area contributed by atoms with Gasteiger partial charge >= 0.3 is 5.97 Å². The highest BCUT2D eigenvalue weighted by Crippen LogP contribution is 2.50. The molecule has 2 N–H and O–H groups in total. The van der Waals surface area contributed by atoms with Gasteiger partial charge in [-0.3, -0.25) is 4.79 Å². The maximum absolute atomic E-state index is 11.2. The Hall–Kier alpha value is -1.79. The number of benzene rings is 2. The second-order valence-electron chi connectivity index (χ2n) is 14.6. The van der Waals surface area contributed by atoms with Crippen molar-refractivity contribution in [2.45, 2.75) is 146 Å². The van der Waals surface area contributed by atoms with Gasteiger partial charge in [-0.05, 0) is 72.3 Å². The van der Waals surface area contributed by atoms with Crippen molar-refractivity contribution in [2.75, 3.05) is 6.61 Å². The van der Waals surface area contributed by atoms with E-state index < -0.39 is 5.97 Å². The quantitative estimate of drug-likeness (QED) is 0.160. The first-order valence-corrected chi connectivity index (χ1v) is 15.9. The number of carboxylic acids is 1. The molecule has 0 fully saturated rings. The van der Waals surface area contributed by atoms with Crippen molar-refractivity contribution in [3.8, 4) is 11.5 Å². The zero-order valence-corrected chi connectivity index (χ0v) is 28.7. The van der Waals surface area contributed by atoms with E-state index in [0.717, 1.165) is 32.9 Å². The number of hydrogen-bond acceptors (Lipinski definition) is 5. The zero-order chi connectivity index (χ0) is 30.8. The van der Waals surface area contributed by atoms with Gasteiger partial charge in [-0.15, -0.1) is 23.5 Å². The first kappa shape index (κ1) is 37.2. The molecule has 0 aromatic heterocycles. The zero-order valence-electron chi connectivity index (χ0n) is 27.0. The summed E-state index contributed by atoms with van der Waals surface area (Å²) in [5, 5.41) is 20.2. The van der Waals surface area contributed by atoms with Gasteiger partial charge in [0.25, 0.3) is 0 Å². The van der Waals surface area contributed by atoms with Gasteiger partial charge in [0.2, 0.25) is 0 Å². The second kappa shape index (κ2) is 13.7. The van der Waals surface area contributed by atoms with Crippen LogP contribution in [0.15, 0.2) is 34.1 Å². The summed E-state index contributed by atoms with van der Waals surface area (Å²) in [6, 6.07) is 8.82. The van der Waals surface area contributed by atoms with Crippen molar-refractivity contribution < 1.29 is 19.7 Å². The van der Waals surface area contributed by atoms with E-state index in [4.69, 9.17) is 9.84 Å². The molecule has 0 radical (unpaired) electrons. The molecule has 2 rings (SSSR count). The van der Waals surface area contributed by atoms with Crippen LogP contribution in [0, 0.1) is 0 Å². The van der Waals surface area contributed by atoms with Crippen LogP contribution < -0.4 is 4.74 Å². The van der Waals surface area contributed by atoms with Crippen LogP contribution in [0.1, 0.15) is 138 Å². The Morgan fingerprint density at radius 2 is 1.20 bits per heavy atom. The van der Waals surface area contributed by atoms with E-state index in [2.05, 4.69) is 114 Å². The molecule has 0 spiro atoms. The fraction of sp³-hybridized carbons (Fsp3) is 0.629. The highest BCUT2D eigenvalue weighted by atomic mass is 32.2. The van der Waals surface area contributed by atoms with E-state index in [-0.39, 0.29) is 40.1 Å². The van der Waals surface area contributed by atoms with Crippen molar-refractivity contribution in [1.29, 1.82) is 0 Å². The molecule has 0 heterocycles. The molecular weight excluding hydrogens is 549 g/mol. The van der Waals surface area contributed by atoms with Crippen LogP contribution in [-0.4, -0.2) is 26.9 Å². The summed E-state index contributed by atoms with van der Waals surface area (Å²) < 4.78 is 6.10. The highest BCUT2D eigenvalue weighted by Gasteiger charge is 2.30. The van der Waals surface area contributed by atoms with Gasteiger partial charge in [0.1, 0.15) is 11.5 Å². The number of rotatable bonds is 10. The van der Waals surface area contributed by atoms with Crippen LogP contribution in [-0.2, 0) is 21.0 Å². The topological polar surface area (TPSA) is 66.8 Å². The van der Waals surface area contributed by atoms with Gasteiger partial charge in [0.05, 0.1) is 10.7 Å². The summed E-state index contributed by atoms with van der Waals surface area (Å²) >= 11 is 3.67. The molecule has 0 aliphatic carbocycles. The van der Waals surface area contributed by atoms with Gasteiger partial charge in [0.15, 0.2) is 0 Å². The molecule has 2 aromatic rings. The summed E-state index contributed by atoms with van der Waals surface area (Å²) in [4.78, 5) is 13.3. The van der Waals surface area contributed by atoms with Crippen molar-refractivity contribution in [3.63, 3.8) is 0 Å². The van der Waals surface area contributed by atoms with Crippen LogP contribution in [0.2, 0.25) is 0 Å². The molecule has 0 bridgehead atoms. The Bertz CT molecular complexity index is 1160. The largest absolute Gasteiger partial charge is 0.507 e. The minimum absolute atomic E-state index is 0. The van der Waals surface area contributed by atoms with Gasteiger partial charge in [-0.25, -0.2) is 0 Å². The van der Waals surface area contributed by atoms with Crippen LogP contribution >= 0.6 is 23.5 Å². The van der Waals surface area contributed by atoms with E-state index in [9.17, 15) is 9.90 Å². The average Bonchev–Trinajstić information content (AvgIpc) is 2.75. The Morgan fingerprint density at radius 3 is 1.59 bits per heavy atom. The van der Waals surface area contributed by atoms with E-state index in [1.807, 2.05) is 23.5 Å². The Balaban J connectivity index is 0.00000840. The van der Waals surface area contributed by atoms with Crippen LogP contribution in [0.5, 0.6) is 11.5 Å². The molecule has 0 saturated carbocycles. The normalized spacial score (nSPS) is 12.8. The molecule has 0 unspecified atom stereocenters. The van der Waals surface area contributed by atoms with E-state index in [0.29, 0.717) is 18.8 Å². The Kier molecular flexibility index (Phi) is 12.4. The maximum atomic E-state index is 11.2. The van der Waals surface area contributed by atoms with Crippen molar-refractivity contribution in [2.24, 2.45) is 0 Å². The lowest BCUT2D eigenvalue weighted by molar-refractivity contribution is -0.137. The maximum Gasteiger partial charge on any atom is 0.303 e. The van der Waals surface area contributed by atoms with Crippen molar-refractivity contribution in [3.05, 3.63) is 46.5 Å². The third-order valence-corrected chi connectivity index (χ3v) is 9.16. The van der Waals surface area contributed by atoms with Crippen molar-refractivity contribution >= 4 is 29.5 Å². The van der Waals surface area contributed by atoms with Gasteiger partial charge in [-0.2, -0.15) is 0 Å².